The number of hydrogen-bond donors (Lipinski definition) is 1. The fraction of sp³-hybridized carbons (Fsp3) is 0.938. The molecule has 0 saturated heterocycles. The zero-order chi connectivity index (χ0) is 14.3. The summed E-state index contributed by atoms with van der Waals surface area (Å²) in [5, 5.41) is 10.9. The van der Waals surface area contributed by atoms with E-state index in [1.54, 1.807) is 0 Å². The Hall–Kier alpha value is -0.570. The van der Waals surface area contributed by atoms with Crippen LogP contribution >= 0.6 is 0 Å². The maximum atomic E-state index is 12.0. The van der Waals surface area contributed by atoms with Crippen molar-refractivity contribution in [2.45, 2.75) is 77.7 Å². The Labute approximate surface area is 117 Å². The summed E-state index contributed by atoms with van der Waals surface area (Å²) in [6.45, 7) is 6.39. The van der Waals surface area contributed by atoms with Crippen LogP contribution in [0.25, 0.3) is 0 Å². The monoisotopic (exact) mass is 270 g/mol. The van der Waals surface area contributed by atoms with E-state index in [9.17, 15) is 9.90 Å². The Balaban J connectivity index is 2.69. The van der Waals surface area contributed by atoms with Crippen molar-refractivity contribution in [2.24, 2.45) is 11.8 Å². The number of ether oxygens (including phenoxy) is 1. The van der Waals surface area contributed by atoms with Crippen molar-refractivity contribution in [3.63, 3.8) is 0 Å². The lowest BCUT2D eigenvalue weighted by atomic mass is 9.79. The number of hydrogen-bond acceptors (Lipinski definition) is 3. The minimum Gasteiger partial charge on any atom is -0.466 e. The second-order valence-corrected chi connectivity index (χ2v) is 5.90. The van der Waals surface area contributed by atoms with E-state index in [1.807, 2.05) is 13.8 Å². The lowest BCUT2D eigenvalue weighted by Gasteiger charge is -2.33. The van der Waals surface area contributed by atoms with Crippen molar-refractivity contribution in [3.05, 3.63) is 0 Å². The van der Waals surface area contributed by atoms with Gasteiger partial charge in [-0.15, -0.1) is 0 Å². The highest BCUT2D eigenvalue weighted by molar-refractivity contribution is 5.73. The first-order valence-corrected chi connectivity index (χ1v) is 7.96. The van der Waals surface area contributed by atoms with Crippen molar-refractivity contribution >= 4 is 5.97 Å². The van der Waals surface area contributed by atoms with Crippen LogP contribution in [-0.2, 0) is 9.53 Å². The molecule has 1 rings (SSSR count). The molecule has 0 aromatic carbocycles. The maximum Gasteiger partial charge on any atom is 0.311 e. The third-order valence-corrected chi connectivity index (χ3v) is 4.53. The van der Waals surface area contributed by atoms with Gasteiger partial charge in [-0.05, 0) is 38.5 Å². The van der Waals surface area contributed by atoms with Gasteiger partial charge in [0.15, 0.2) is 0 Å². The van der Waals surface area contributed by atoms with E-state index in [4.69, 9.17) is 4.74 Å². The Morgan fingerprint density at radius 3 is 2.63 bits per heavy atom. The molecule has 0 spiro atoms. The van der Waals surface area contributed by atoms with E-state index in [-0.39, 0.29) is 11.9 Å². The van der Waals surface area contributed by atoms with E-state index in [0.29, 0.717) is 13.0 Å². The van der Waals surface area contributed by atoms with Crippen molar-refractivity contribution < 1.29 is 14.6 Å². The predicted octanol–water partition coefficient (Wildman–Crippen LogP) is 3.69. The summed E-state index contributed by atoms with van der Waals surface area (Å²) in [6, 6.07) is 0. The van der Waals surface area contributed by atoms with E-state index in [0.717, 1.165) is 31.6 Å². The molecule has 1 aliphatic rings. The average molecular weight is 270 g/mol. The van der Waals surface area contributed by atoms with Crippen LogP contribution in [0.3, 0.4) is 0 Å². The van der Waals surface area contributed by atoms with Crippen LogP contribution in [0.2, 0.25) is 0 Å². The van der Waals surface area contributed by atoms with Crippen molar-refractivity contribution in [3.8, 4) is 0 Å². The second-order valence-electron chi connectivity index (χ2n) is 5.90. The van der Waals surface area contributed by atoms with E-state index in [2.05, 4.69) is 6.92 Å². The van der Waals surface area contributed by atoms with Crippen LogP contribution in [0, 0.1) is 11.8 Å². The molecule has 0 heterocycles. The average Bonchev–Trinajstić information content (AvgIpc) is 2.54. The summed E-state index contributed by atoms with van der Waals surface area (Å²) < 4.78 is 5.13. The van der Waals surface area contributed by atoms with Gasteiger partial charge in [0.2, 0.25) is 0 Å². The molecule has 0 bridgehead atoms. The summed E-state index contributed by atoms with van der Waals surface area (Å²) in [7, 11) is 0. The summed E-state index contributed by atoms with van der Waals surface area (Å²) >= 11 is 0. The smallest absolute Gasteiger partial charge is 0.311 e. The van der Waals surface area contributed by atoms with Gasteiger partial charge in [-0.2, -0.15) is 0 Å². The van der Waals surface area contributed by atoms with E-state index in [1.165, 1.54) is 19.3 Å². The zero-order valence-corrected chi connectivity index (χ0v) is 12.8. The van der Waals surface area contributed by atoms with Crippen molar-refractivity contribution in [2.75, 3.05) is 6.61 Å². The Morgan fingerprint density at radius 1 is 1.32 bits per heavy atom. The van der Waals surface area contributed by atoms with Crippen LogP contribution in [0.4, 0.5) is 0 Å². The summed E-state index contributed by atoms with van der Waals surface area (Å²) in [5.74, 6) is 0.146. The fourth-order valence-electron chi connectivity index (χ4n) is 3.47. The first-order valence-electron chi connectivity index (χ1n) is 7.96. The number of carbonyl (C=O) groups excluding carboxylic acids is 1. The molecular formula is C16H30O3. The lowest BCUT2D eigenvalue weighted by Crippen LogP contribution is -2.42. The predicted molar refractivity (Wildman–Crippen MR) is 76.8 cm³/mol. The molecule has 0 aromatic rings. The van der Waals surface area contributed by atoms with Gasteiger partial charge in [-0.1, -0.05) is 39.5 Å². The van der Waals surface area contributed by atoms with Gasteiger partial charge in [0.25, 0.3) is 0 Å². The number of esters is 1. The van der Waals surface area contributed by atoms with Gasteiger partial charge in [0, 0.05) is 0 Å². The van der Waals surface area contributed by atoms with Gasteiger partial charge in [0.05, 0.1) is 18.1 Å². The normalized spacial score (nSPS) is 29.6. The zero-order valence-electron chi connectivity index (χ0n) is 12.8. The molecule has 1 aliphatic carbocycles. The topological polar surface area (TPSA) is 46.5 Å². The molecule has 19 heavy (non-hydrogen) atoms. The summed E-state index contributed by atoms with van der Waals surface area (Å²) in [4.78, 5) is 12.0. The van der Waals surface area contributed by atoms with Crippen molar-refractivity contribution in [1.82, 2.24) is 0 Å². The molecule has 1 N–H and O–H groups in total. The number of aliphatic hydroxyl groups is 1. The molecule has 3 unspecified atom stereocenters. The van der Waals surface area contributed by atoms with Gasteiger partial charge in [-0.25, -0.2) is 0 Å². The molecule has 1 fully saturated rings. The van der Waals surface area contributed by atoms with Crippen LogP contribution < -0.4 is 0 Å². The molecular weight excluding hydrogens is 240 g/mol. The van der Waals surface area contributed by atoms with Gasteiger partial charge >= 0.3 is 5.97 Å². The van der Waals surface area contributed by atoms with Crippen LogP contribution in [0.1, 0.15) is 72.1 Å². The molecule has 3 heteroatoms. The number of rotatable bonds is 6. The Morgan fingerprint density at radius 2 is 2.05 bits per heavy atom. The van der Waals surface area contributed by atoms with Crippen LogP contribution in [0.5, 0.6) is 0 Å². The van der Waals surface area contributed by atoms with Gasteiger partial charge in [0.1, 0.15) is 0 Å². The molecule has 3 atom stereocenters. The molecule has 0 radical (unpaired) electrons. The van der Waals surface area contributed by atoms with Gasteiger partial charge < -0.3 is 9.84 Å². The highest BCUT2D eigenvalue weighted by atomic mass is 16.5. The third-order valence-electron chi connectivity index (χ3n) is 4.53. The third kappa shape index (κ3) is 4.48. The van der Waals surface area contributed by atoms with Crippen LogP contribution in [0.15, 0.2) is 0 Å². The fourth-order valence-corrected chi connectivity index (χ4v) is 3.47. The highest BCUT2D eigenvalue weighted by Crippen LogP contribution is 2.38. The molecule has 112 valence electrons. The van der Waals surface area contributed by atoms with Gasteiger partial charge in [-0.3, -0.25) is 4.79 Å². The lowest BCUT2D eigenvalue weighted by molar-refractivity contribution is -0.160. The number of carbonyl (C=O) groups is 1. The second kappa shape index (κ2) is 7.88. The summed E-state index contributed by atoms with van der Waals surface area (Å²) in [5.41, 5.74) is -0.844. The van der Waals surface area contributed by atoms with E-state index < -0.39 is 5.60 Å². The molecule has 0 aliphatic heterocycles. The largest absolute Gasteiger partial charge is 0.466 e. The minimum absolute atomic E-state index is 0.221. The quantitative estimate of drug-likeness (QED) is 0.591. The van der Waals surface area contributed by atoms with Crippen molar-refractivity contribution in [1.29, 1.82) is 0 Å². The summed E-state index contributed by atoms with van der Waals surface area (Å²) in [6.07, 6.45) is 7.85. The van der Waals surface area contributed by atoms with E-state index >= 15 is 0 Å². The van der Waals surface area contributed by atoms with Crippen LogP contribution in [-0.4, -0.2) is 23.3 Å². The molecule has 3 nitrogen and oxygen atoms in total. The maximum absolute atomic E-state index is 12.0. The first kappa shape index (κ1) is 16.5. The standard InChI is InChI=1S/C16H30O3/c1-4-8-13-9-7-11-16(18,12-10-13)14(5-2)15(17)19-6-3/h13-14,18H,4-12H2,1-3H3. The molecule has 0 aromatic heterocycles. The minimum atomic E-state index is -0.844. The Kier molecular flexibility index (Phi) is 6.84. The molecule has 1 saturated carbocycles. The molecule has 0 amide bonds. The SMILES string of the molecule is CCCC1CCCC(O)(C(CC)C(=O)OCC)CC1. The Bertz CT molecular complexity index is 277. The first-order chi connectivity index (χ1) is 9.07. The highest BCUT2D eigenvalue weighted by Gasteiger charge is 2.42.